The topological polar surface area (TPSA) is 74.8 Å². The van der Waals surface area contributed by atoms with Crippen LogP contribution in [0.3, 0.4) is 0 Å². The molecule has 0 aliphatic heterocycles. The predicted molar refractivity (Wildman–Crippen MR) is 107 cm³/mol. The summed E-state index contributed by atoms with van der Waals surface area (Å²) in [5.41, 5.74) is 0.940. The molecule has 2 aromatic carbocycles. The van der Waals surface area contributed by atoms with Crippen molar-refractivity contribution < 1.29 is 4.79 Å². The molecule has 27 heavy (non-hydrogen) atoms. The predicted octanol–water partition coefficient (Wildman–Crippen LogP) is 4.33. The van der Waals surface area contributed by atoms with Crippen molar-refractivity contribution in [3.63, 3.8) is 0 Å². The Morgan fingerprint density at radius 2 is 1.81 bits per heavy atom. The Labute approximate surface area is 159 Å². The summed E-state index contributed by atoms with van der Waals surface area (Å²) in [6, 6.07) is 20.2. The monoisotopic (exact) mass is 373 g/mol. The zero-order chi connectivity index (χ0) is 18.6. The number of hydrogen-bond acceptors (Lipinski definition) is 4. The van der Waals surface area contributed by atoms with Gasteiger partial charge in [0.15, 0.2) is 0 Å². The third-order valence-electron chi connectivity index (χ3n) is 3.97. The van der Waals surface area contributed by atoms with Crippen LogP contribution in [-0.2, 0) is 0 Å². The van der Waals surface area contributed by atoms with Crippen LogP contribution in [0.25, 0.3) is 10.8 Å². The number of amides is 1. The van der Waals surface area contributed by atoms with E-state index in [2.05, 4.69) is 15.3 Å². The van der Waals surface area contributed by atoms with E-state index in [1.807, 2.05) is 36.4 Å². The van der Waals surface area contributed by atoms with Gasteiger partial charge in [-0.05, 0) is 47.2 Å². The Kier molecular flexibility index (Phi) is 4.72. The number of carbonyl (C=O) groups excluding carboxylic acids is 1. The fraction of sp³-hybridized carbons (Fsp3) is 0. The van der Waals surface area contributed by atoms with E-state index < -0.39 is 0 Å². The molecule has 0 fully saturated rings. The lowest BCUT2D eigenvalue weighted by atomic mass is 10.1. The third kappa shape index (κ3) is 3.91. The van der Waals surface area contributed by atoms with E-state index in [-0.39, 0.29) is 11.5 Å². The van der Waals surface area contributed by atoms with E-state index in [0.29, 0.717) is 16.3 Å². The number of nitrogens with one attached hydrogen (secondary N) is 2. The van der Waals surface area contributed by atoms with E-state index >= 15 is 0 Å². The molecule has 1 amide bonds. The molecule has 4 aromatic rings. The highest BCUT2D eigenvalue weighted by atomic mass is 32.2. The summed E-state index contributed by atoms with van der Waals surface area (Å²) in [6.07, 6.45) is 3.32. The van der Waals surface area contributed by atoms with Crippen molar-refractivity contribution >= 4 is 34.1 Å². The highest BCUT2D eigenvalue weighted by Crippen LogP contribution is 2.29. The molecule has 5 nitrogen and oxygen atoms in total. The molecule has 0 unspecified atom stereocenters. The van der Waals surface area contributed by atoms with Gasteiger partial charge in [-0.25, -0.2) is 4.98 Å². The van der Waals surface area contributed by atoms with E-state index in [1.165, 1.54) is 17.8 Å². The summed E-state index contributed by atoms with van der Waals surface area (Å²) < 4.78 is 0. The van der Waals surface area contributed by atoms with Gasteiger partial charge in [0.1, 0.15) is 5.03 Å². The maximum atomic E-state index is 12.8. The number of benzene rings is 2. The number of carbonyl (C=O) groups is 1. The van der Waals surface area contributed by atoms with Crippen LogP contribution in [-0.4, -0.2) is 15.9 Å². The molecule has 0 aliphatic rings. The second-order valence-electron chi connectivity index (χ2n) is 5.87. The number of pyridine rings is 2. The number of fused-ring (bicyclic) bond motifs is 1. The highest BCUT2D eigenvalue weighted by molar-refractivity contribution is 7.99. The SMILES string of the molecule is O=C(Nc1ccc2c[nH]c(=O)cc2c1)c1cccnc1Sc1ccccc1. The lowest BCUT2D eigenvalue weighted by molar-refractivity contribution is 0.102. The Balaban J connectivity index is 1.61. The van der Waals surface area contributed by atoms with Crippen molar-refractivity contribution in [3.05, 3.63) is 95.0 Å². The standard InChI is InChI=1S/C21H15N3O2S/c25-19-12-15-11-16(9-8-14(15)13-23-19)24-20(26)18-7-4-10-22-21(18)27-17-5-2-1-3-6-17/h1-13H,(H,23,25)(H,24,26). The maximum absolute atomic E-state index is 12.8. The number of rotatable bonds is 4. The van der Waals surface area contributed by atoms with Crippen LogP contribution >= 0.6 is 11.8 Å². The minimum Gasteiger partial charge on any atom is -0.328 e. The van der Waals surface area contributed by atoms with Gasteiger partial charge in [0.05, 0.1) is 5.56 Å². The minimum absolute atomic E-state index is 0.181. The summed E-state index contributed by atoms with van der Waals surface area (Å²) >= 11 is 1.44. The first-order chi connectivity index (χ1) is 13.2. The minimum atomic E-state index is -0.245. The van der Waals surface area contributed by atoms with E-state index in [4.69, 9.17) is 0 Å². The van der Waals surface area contributed by atoms with Crippen molar-refractivity contribution in [3.8, 4) is 0 Å². The van der Waals surface area contributed by atoms with Crippen LogP contribution in [0, 0.1) is 0 Å². The van der Waals surface area contributed by atoms with Gasteiger partial charge in [-0.2, -0.15) is 0 Å². The van der Waals surface area contributed by atoms with Gasteiger partial charge in [-0.3, -0.25) is 9.59 Å². The van der Waals surface area contributed by atoms with Gasteiger partial charge >= 0.3 is 0 Å². The molecule has 6 heteroatoms. The first-order valence-electron chi connectivity index (χ1n) is 8.31. The number of nitrogens with zero attached hydrogens (tertiary/aromatic N) is 1. The largest absolute Gasteiger partial charge is 0.328 e. The van der Waals surface area contributed by atoms with Gasteiger partial charge in [0.2, 0.25) is 5.56 Å². The smallest absolute Gasteiger partial charge is 0.258 e. The van der Waals surface area contributed by atoms with Gasteiger partial charge in [-0.15, -0.1) is 0 Å². The van der Waals surface area contributed by atoms with E-state index in [9.17, 15) is 9.59 Å². The Morgan fingerprint density at radius 1 is 0.963 bits per heavy atom. The van der Waals surface area contributed by atoms with Gasteiger partial charge < -0.3 is 10.3 Å². The Morgan fingerprint density at radius 3 is 2.67 bits per heavy atom. The van der Waals surface area contributed by atoms with Crippen LogP contribution in [0.2, 0.25) is 0 Å². The molecule has 0 aliphatic carbocycles. The summed E-state index contributed by atoms with van der Waals surface area (Å²) in [5.74, 6) is -0.245. The molecule has 4 rings (SSSR count). The lowest BCUT2D eigenvalue weighted by Crippen LogP contribution is -2.13. The number of hydrogen-bond donors (Lipinski definition) is 2. The normalized spacial score (nSPS) is 10.7. The molecule has 0 saturated carbocycles. The molecule has 2 N–H and O–H groups in total. The molecule has 0 saturated heterocycles. The van der Waals surface area contributed by atoms with Crippen LogP contribution in [0.5, 0.6) is 0 Å². The summed E-state index contributed by atoms with van der Waals surface area (Å²) in [7, 11) is 0. The zero-order valence-electron chi connectivity index (χ0n) is 14.2. The fourth-order valence-electron chi connectivity index (χ4n) is 2.68. The average Bonchev–Trinajstić information content (AvgIpc) is 2.69. The Hall–Kier alpha value is -3.38. The van der Waals surface area contributed by atoms with Crippen molar-refractivity contribution in [2.75, 3.05) is 5.32 Å². The summed E-state index contributed by atoms with van der Waals surface area (Å²) in [5, 5.41) is 5.19. The van der Waals surface area contributed by atoms with Gasteiger partial charge in [0.25, 0.3) is 5.91 Å². The second kappa shape index (κ2) is 7.47. The van der Waals surface area contributed by atoms with Crippen LogP contribution < -0.4 is 10.9 Å². The maximum Gasteiger partial charge on any atom is 0.258 e. The summed E-state index contributed by atoms with van der Waals surface area (Å²) in [4.78, 5) is 32.3. The van der Waals surface area contributed by atoms with Crippen molar-refractivity contribution in [2.45, 2.75) is 9.92 Å². The molecule has 0 spiro atoms. The highest BCUT2D eigenvalue weighted by Gasteiger charge is 2.14. The molecule has 0 radical (unpaired) electrons. The lowest BCUT2D eigenvalue weighted by Gasteiger charge is -2.10. The fourth-order valence-corrected chi connectivity index (χ4v) is 3.59. The second-order valence-corrected chi connectivity index (χ2v) is 6.93. The first-order valence-corrected chi connectivity index (χ1v) is 9.12. The Bertz CT molecular complexity index is 1170. The molecular formula is C21H15N3O2S. The third-order valence-corrected chi connectivity index (χ3v) is 5.00. The number of H-pyrrole nitrogens is 1. The number of anilines is 1. The van der Waals surface area contributed by atoms with Crippen LogP contribution in [0.15, 0.2) is 93.8 Å². The van der Waals surface area contributed by atoms with Crippen LogP contribution in [0.1, 0.15) is 10.4 Å². The molecule has 0 bridgehead atoms. The average molecular weight is 373 g/mol. The number of aromatic amines is 1. The molecule has 2 aromatic heterocycles. The first kappa shape index (κ1) is 17.1. The molecule has 132 valence electrons. The van der Waals surface area contributed by atoms with E-state index in [1.54, 1.807) is 36.7 Å². The van der Waals surface area contributed by atoms with Crippen molar-refractivity contribution in [2.24, 2.45) is 0 Å². The van der Waals surface area contributed by atoms with Gasteiger partial charge in [-0.1, -0.05) is 36.0 Å². The summed E-state index contributed by atoms with van der Waals surface area (Å²) in [6.45, 7) is 0. The van der Waals surface area contributed by atoms with Crippen molar-refractivity contribution in [1.29, 1.82) is 0 Å². The van der Waals surface area contributed by atoms with Gasteiger partial charge in [0, 0.05) is 29.0 Å². The number of aromatic nitrogens is 2. The molecular weight excluding hydrogens is 358 g/mol. The quantitative estimate of drug-likeness (QED) is 0.558. The molecule has 0 atom stereocenters. The zero-order valence-corrected chi connectivity index (χ0v) is 15.0. The molecule has 2 heterocycles. The van der Waals surface area contributed by atoms with E-state index in [0.717, 1.165) is 15.7 Å². The van der Waals surface area contributed by atoms with Crippen LogP contribution in [0.4, 0.5) is 5.69 Å². The van der Waals surface area contributed by atoms with Crippen molar-refractivity contribution in [1.82, 2.24) is 9.97 Å².